The molecule has 0 radical (unpaired) electrons. The zero-order chi connectivity index (χ0) is 17.0. The molecular formula is C17H19F3N2S2. The van der Waals surface area contributed by atoms with Crippen LogP contribution in [-0.2, 0) is 19.1 Å². The third-order valence-electron chi connectivity index (χ3n) is 4.08. The fourth-order valence-electron chi connectivity index (χ4n) is 2.79. The van der Waals surface area contributed by atoms with E-state index in [1.807, 2.05) is 36.0 Å². The summed E-state index contributed by atoms with van der Waals surface area (Å²) >= 11 is 3.89. The topological polar surface area (TPSA) is 17.8 Å². The second-order valence-corrected chi connectivity index (χ2v) is 9.10. The first kappa shape index (κ1) is 17.7. The van der Waals surface area contributed by atoms with Gasteiger partial charge in [0.15, 0.2) is 0 Å². The lowest BCUT2D eigenvalue weighted by Crippen LogP contribution is -2.29. The van der Waals surface area contributed by atoms with Crippen molar-refractivity contribution in [3.63, 3.8) is 0 Å². The first-order valence-corrected chi connectivity index (χ1v) is 9.84. The van der Waals surface area contributed by atoms with Gasteiger partial charge in [-0.3, -0.25) is 0 Å². The molecule has 1 fully saturated rings. The Morgan fingerprint density at radius 1 is 1.12 bits per heavy atom. The lowest BCUT2D eigenvalue weighted by molar-refractivity contribution is -0.137. The van der Waals surface area contributed by atoms with Gasteiger partial charge in [0.2, 0.25) is 0 Å². The molecule has 1 aliphatic heterocycles. The molecule has 0 spiro atoms. The van der Waals surface area contributed by atoms with E-state index in [0.717, 1.165) is 36.5 Å². The van der Waals surface area contributed by atoms with Crippen LogP contribution >= 0.6 is 23.5 Å². The molecule has 7 heteroatoms. The van der Waals surface area contributed by atoms with Crippen molar-refractivity contribution in [1.82, 2.24) is 9.55 Å². The summed E-state index contributed by atoms with van der Waals surface area (Å²) in [5, 5.41) is 0. The highest BCUT2D eigenvalue weighted by atomic mass is 32.2. The van der Waals surface area contributed by atoms with Crippen LogP contribution in [0.5, 0.6) is 0 Å². The van der Waals surface area contributed by atoms with E-state index in [0.29, 0.717) is 0 Å². The maximum absolute atomic E-state index is 12.7. The molecule has 2 nitrogen and oxygen atoms in total. The normalized spacial score (nSPS) is 17.8. The number of thioether (sulfide) groups is 2. The van der Waals surface area contributed by atoms with Crippen molar-refractivity contribution in [3.05, 3.63) is 54.1 Å². The number of halogens is 3. The zero-order valence-corrected chi connectivity index (χ0v) is 14.8. The van der Waals surface area contributed by atoms with E-state index in [1.54, 1.807) is 18.3 Å². The van der Waals surface area contributed by atoms with Gasteiger partial charge in [-0.2, -0.15) is 13.2 Å². The number of nitrogens with zero attached hydrogens (tertiary/aromatic N) is 2. The van der Waals surface area contributed by atoms with E-state index >= 15 is 0 Å². The molecule has 130 valence electrons. The number of rotatable bonds is 5. The molecule has 2 aromatic rings. The molecule has 0 saturated carbocycles. The summed E-state index contributed by atoms with van der Waals surface area (Å²) in [4.78, 5) is 4.07. The lowest BCUT2D eigenvalue weighted by atomic mass is 10.0. The Morgan fingerprint density at radius 2 is 1.83 bits per heavy atom. The van der Waals surface area contributed by atoms with Gasteiger partial charge in [-0.05, 0) is 48.5 Å². The number of hydrogen-bond donors (Lipinski definition) is 0. The molecule has 0 unspecified atom stereocenters. The SMILES string of the molecule is FC(F)(F)c1ccc(CC2(CCn3ccnc3)SCCCS2)cc1. The second-order valence-electron chi connectivity index (χ2n) is 5.88. The van der Waals surface area contributed by atoms with E-state index in [1.165, 1.54) is 18.6 Å². The smallest absolute Gasteiger partial charge is 0.337 e. The van der Waals surface area contributed by atoms with Crippen LogP contribution in [0.2, 0.25) is 0 Å². The fraction of sp³-hybridized carbons (Fsp3) is 0.471. The summed E-state index contributed by atoms with van der Waals surface area (Å²) in [6.07, 6.45) is 4.20. The molecule has 1 saturated heterocycles. The molecule has 24 heavy (non-hydrogen) atoms. The molecule has 3 rings (SSSR count). The van der Waals surface area contributed by atoms with Gasteiger partial charge in [-0.1, -0.05) is 12.1 Å². The highest BCUT2D eigenvalue weighted by Crippen LogP contribution is 2.47. The van der Waals surface area contributed by atoms with E-state index in [4.69, 9.17) is 0 Å². The molecular weight excluding hydrogens is 353 g/mol. The van der Waals surface area contributed by atoms with Gasteiger partial charge in [0.25, 0.3) is 0 Å². The van der Waals surface area contributed by atoms with Crippen molar-refractivity contribution in [2.24, 2.45) is 0 Å². The average molecular weight is 372 g/mol. The summed E-state index contributed by atoms with van der Waals surface area (Å²) in [5.74, 6) is 2.22. The third kappa shape index (κ3) is 4.51. The number of aryl methyl sites for hydroxylation is 1. The van der Waals surface area contributed by atoms with Gasteiger partial charge >= 0.3 is 6.18 Å². The van der Waals surface area contributed by atoms with Gasteiger partial charge in [0, 0.05) is 18.9 Å². The first-order valence-electron chi connectivity index (χ1n) is 7.87. The third-order valence-corrected chi connectivity index (χ3v) is 7.53. The van der Waals surface area contributed by atoms with Crippen LogP contribution in [0.1, 0.15) is 24.0 Å². The predicted octanol–water partition coefficient (Wildman–Crippen LogP) is 5.10. The van der Waals surface area contributed by atoms with Gasteiger partial charge in [-0.15, -0.1) is 23.5 Å². The summed E-state index contributed by atoms with van der Waals surface area (Å²) in [5.41, 5.74) is 0.387. The van der Waals surface area contributed by atoms with Gasteiger partial charge in [0.05, 0.1) is 16.0 Å². The monoisotopic (exact) mass is 372 g/mol. The standard InChI is InChI=1S/C17H19F3N2S2/c18-17(19,20)15-4-2-14(3-5-15)12-16(23-10-1-11-24-16)6-8-22-9-7-21-13-22/h2-5,7,9,13H,1,6,8,10-12H2. The Balaban J connectivity index is 1.71. The van der Waals surface area contributed by atoms with Gasteiger partial charge in [0.1, 0.15) is 0 Å². The molecule has 0 atom stereocenters. The van der Waals surface area contributed by atoms with Crippen molar-refractivity contribution >= 4 is 23.5 Å². The molecule has 0 amide bonds. The Kier molecular flexibility index (Phi) is 5.49. The van der Waals surface area contributed by atoms with Crippen LogP contribution in [0, 0.1) is 0 Å². The minimum atomic E-state index is -4.27. The highest BCUT2D eigenvalue weighted by Gasteiger charge is 2.34. The van der Waals surface area contributed by atoms with E-state index < -0.39 is 11.7 Å². The molecule has 0 N–H and O–H groups in total. The quantitative estimate of drug-likeness (QED) is 0.727. The van der Waals surface area contributed by atoms with E-state index in [-0.39, 0.29) is 4.08 Å². The Labute approximate surface area is 148 Å². The van der Waals surface area contributed by atoms with Crippen LogP contribution < -0.4 is 0 Å². The number of hydrogen-bond acceptors (Lipinski definition) is 3. The molecule has 2 heterocycles. The summed E-state index contributed by atoms with van der Waals surface area (Å²) in [7, 11) is 0. The molecule has 0 aliphatic carbocycles. The van der Waals surface area contributed by atoms with Crippen LogP contribution in [-0.4, -0.2) is 25.1 Å². The Bertz CT molecular complexity index is 633. The van der Waals surface area contributed by atoms with Crippen molar-refractivity contribution in [1.29, 1.82) is 0 Å². The molecule has 1 aromatic carbocycles. The Hall–Kier alpha value is -1.08. The second kappa shape index (κ2) is 7.44. The summed E-state index contributed by atoms with van der Waals surface area (Å²) < 4.78 is 40.2. The highest BCUT2D eigenvalue weighted by molar-refractivity contribution is 8.18. The minimum absolute atomic E-state index is 0.0300. The van der Waals surface area contributed by atoms with Gasteiger partial charge < -0.3 is 4.57 Å². The fourth-order valence-corrected chi connectivity index (χ4v) is 6.14. The van der Waals surface area contributed by atoms with Crippen molar-refractivity contribution < 1.29 is 13.2 Å². The predicted molar refractivity (Wildman–Crippen MR) is 94.3 cm³/mol. The number of alkyl halides is 3. The number of aromatic nitrogens is 2. The van der Waals surface area contributed by atoms with Gasteiger partial charge in [-0.25, -0.2) is 4.98 Å². The number of imidazole rings is 1. The molecule has 1 aliphatic rings. The van der Waals surface area contributed by atoms with Crippen molar-refractivity contribution in [2.45, 2.75) is 36.1 Å². The molecule has 0 bridgehead atoms. The van der Waals surface area contributed by atoms with Crippen molar-refractivity contribution in [2.75, 3.05) is 11.5 Å². The number of benzene rings is 1. The molecule has 1 aromatic heterocycles. The van der Waals surface area contributed by atoms with Crippen LogP contribution in [0.4, 0.5) is 13.2 Å². The van der Waals surface area contributed by atoms with E-state index in [9.17, 15) is 13.2 Å². The van der Waals surface area contributed by atoms with Crippen LogP contribution in [0.25, 0.3) is 0 Å². The maximum Gasteiger partial charge on any atom is 0.416 e. The zero-order valence-electron chi connectivity index (χ0n) is 13.1. The summed E-state index contributed by atoms with van der Waals surface area (Å²) in [6, 6.07) is 5.63. The average Bonchev–Trinajstić information content (AvgIpc) is 3.07. The largest absolute Gasteiger partial charge is 0.416 e. The lowest BCUT2D eigenvalue weighted by Gasteiger charge is -2.36. The van der Waals surface area contributed by atoms with Crippen LogP contribution in [0.3, 0.4) is 0 Å². The Morgan fingerprint density at radius 3 is 2.42 bits per heavy atom. The van der Waals surface area contributed by atoms with Crippen LogP contribution in [0.15, 0.2) is 43.0 Å². The summed E-state index contributed by atoms with van der Waals surface area (Å²) in [6.45, 7) is 0.876. The minimum Gasteiger partial charge on any atom is -0.337 e. The maximum atomic E-state index is 12.7. The van der Waals surface area contributed by atoms with Crippen molar-refractivity contribution in [3.8, 4) is 0 Å². The van der Waals surface area contributed by atoms with E-state index in [2.05, 4.69) is 9.55 Å². The first-order chi connectivity index (χ1) is 11.5.